The number of aromatic nitrogens is 2. The van der Waals surface area contributed by atoms with Crippen LogP contribution in [0.4, 0.5) is 0 Å². The largest absolute Gasteiger partial charge is 0.480 e. The summed E-state index contributed by atoms with van der Waals surface area (Å²) >= 11 is 0. The summed E-state index contributed by atoms with van der Waals surface area (Å²) < 4.78 is 0.873. The molecule has 0 aliphatic carbocycles. The molecule has 10 nitrogen and oxygen atoms in total. The van der Waals surface area contributed by atoms with Gasteiger partial charge in [-0.3, -0.25) is 14.4 Å². The van der Waals surface area contributed by atoms with Gasteiger partial charge in [-0.2, -0.15) is 0 Å². The molecule has 1 heterocycles. The lowest BCUT2D eigenvalue weighted by molar-refractivity contribution is -0.142. The van der Waals surface area contributed by atoms with Crippen molar-refractivity contribution >= 4 is 28.7 Å². The Labute approximate surface area is 258 Å². The monoisotopic (exact) mass is 604 g/mol. The van der Waals surface area contributed by atoms with Crippen LogP contribution >= 0.6 is 0 Å². The SMILES string of the molecule is O=C(O)[C@H](Cc1ccccc1)NC(=O)[C@H](Cc1ccccc1)NC(=O)[C@@H](Cc1ccccc1)n1c(=O)[nH]c2ccccc2c1=O. The minimum atomic E-state index is -1.32. The Morgan fingerprint density at radius 2 is 1.09 bits per heavy atom. The molecule has 0 fully saturated rings. The van der Waals surface area contributed by atoms with E-state index in [0.29, 0.717) is 22.2 Å². The molecule has 1 aromatic heterocycles. The fourth-order valence-electron chi connectivity index (χ4n) is 5.25. The number of aromatic amines is 1. The molecule has 0 spiro atoms. The van der Waals surface area contributed by atoms with E-state index in [1.165, 1.54) is 0 Å². The Balaban J connectivity index is 1.49. The quantitative estimate of drug-likeness (QED) is 0.172. The van der Waals surface area contributed by atoms with Crippen LogP contribution in [0.2, 0.25) is 0 Å². The first kappa shape index (κ1) is 30.7. The van der Waals surface area contributed by atoms with Crippen molar-refractivity contribution in [2.24, 2.45) is 0 Å². The molecule has 45 heavy (non-hydrogen) atoms. The molecule has 0 unspecified atom stereocenters. The molecule has 2 amide bonds. The van der Waals surface area contributed by atoms with Gasteiger partial charge in [0.1, 0.15) is 18.1 Å². The van der Waals surface area contributed by atoms with Gasteiger partial charge < -0.3 is 20.7 Å². The highest BCUT2D eigenvalue weighted by atomic mass is 16.4. The minimum Gasteiger partial charge on any atom is -0.480 e. The lowest BCUT2D eigenvalue weighted by Crippen LogP contribution is -2.55. The predicted molar refractivity (Wildman–Crippen MR) is 170 cm³/mol. The maximum Gasteiger partial charge on any atom is 0.329 e. The number of hydrogen-bond acceptors (Lipinski definition) is 5. The number of carbonyl (C=O) groups excluding carboxylic acids is 2. The van der Waals surface area contributed by atoms with Crippen LogP contribution in [0.15, 0.2) is 125 Å². The predicted octanol–water partition coefficient (Wildman–Crippen LogP) is 3.01. The van der Waals surface area contributed by atoms with E-state index in [2.05, 4.69) is 15.6 Å². The second-order valence-corrected chi connectivity index (χ2v) is 10.7. The van der Waals surface area contributed by atoms with E-state index >= 15 is 0 Å². The fourth-order valence-corrected chi connectivity index (χ4v) is 5.25. The molecule has 4 aromatic carbocycles. The molecular formula is C35H32N4O6. The van der Waals surface area contributed by atoms with Crippen molar-refractivity contribution in [3.63, 3.8) is 0 Å². The van der Waals surface area contributed by atoms with Gasteiger partial charge in [0, 0.05) is 19.3 Å². The van der Waals surface area contributed by atoms with Gasteiger partial charge in [0.25, 0.3) is 5.56 Å². The minimum absolute atomic E-state index is 0.0145. The third-order valence-electron chi connectivity index (χ3n) is 7.54. The van der Waals surface area contributed by atoms with Gasteiger partial charge in [-0.25, -0.2) is 14.2 Å². The van der Waals surface area contributed by atoms with Gasteiger partial charge in [0.05, 0.1) is 10.9 Å². The van der Waals surface area contributed by atoms with Crippen molar-refractivity contribution in [2.45, 2.75) is 37.4 Å². The van der Waals surface area contributed by atoms with Crippen LogP contribution in [0.1, 0.15) is 22.7 Å². The van der Waals surface area contributed by atoms with Gasteiger partial charge in [-0.05, 0) is 28.8 Å². The first-order chi connectivity index (χ1) is 21.8. The summed E-state index contributed by atoms with van der Waals surface area (Å²) in [6.45, 7) is 0. The number of hydrogen-bond donors (Lipinski definition) is 4. The van der Waals surface area contributed by atoms with Gasteiger partial charge in [-0.1, -0.05) is 103 Å². The Bertz CT molecular complexity index is 1910. The van der Waals surface area contributed by atoms with Crippen molar-refractivity contribution in [1.29, 1.82) is 0 Å². The molecule has 3 atom stereocenters. The number of carbonyl (C=O) groups is 3. The Kier molecular flexibility index (Phi) is 9.64. The zero-order chi connectivity index (χ0) is 31.8. The highest BCUT2D eigenvalue weighted by Crippen LogP contribution is 2.15. The van der Waals surface area contributed by atoms with E-state index in [9.17, 15) is 29.1 Å². The smallest absolute Gasteiger partial charge is 0.329 e. The van der Waals surface area contributed by atoms with E-state index in [4.69, 9.17) is 0 Å². The van der Waals surface area contributed by atoms with Crippen LogP contribution in [0.3, 0.4) is 0 Å². The number of benzene rings is 4. The number of fused-ring (bicyclic) bond motifs is 1. The standard InChI is InChI=1S/C35H32N4O6/c40-31(37-29(34(43)44)21-24-14-6-2-7-15-24)28(20-23-12-4-1-5-13-23)36-32(41)30(22-25-16-8-3-9-17-25)39-33(42)26-18-10-11-19-27(26)38-35(39)45/h1-19,28-30H,20-22H2,(H,36,41)(H,37,40)(H,38,45)(H,43,44)/t28-,29-,30+/m0/s1. The lowest BCUT2D eigenvalue weighted by Gasteiger charge is -2.25. The van der Waals surface area contributed by atoms with Crippen molar-refractivity contribution < 1.29 is 19.5 Å². The number of aliphatic carboxylic acids is 1. The van der Waals surface area contributed by atoms with E-state index in [1.807, 2.05) is 12.1 Å². The van der Waals surface area contributed by atoms with Crippen LogP contribution in [-0.2, 0) is 33.6 Å². The van der Waals surface area contributed by atoms with Crippen LogP contribution < -0.4 is 21.9 Å². The number of nitrogens with zero attached hydrogens (tertiary/aromatic N) is 1. The zero-order valence-corrected chi connectivity index (χ0v) is 24.3. The van der Waals surface area contributed by atoms with E-state index in [-0.39, 0.29) is 24.6 Å². The van der Waals surface area contributed by atoms with Crippen LogP contribution in [0, 0.1) is 0 Å². The third kappa shape index (κ3) is 7.61. The Hall–Kier alpha value is -5.77. The van der Waals surface area contributed by atoms with E-state index in [0.717, 1.165) is 4.57 Å². The number of H-pyrrole nitrogens is 1. The van der Waals surface area contributed by atoms with Crippen molar-refractivity contribution in [3.8, 4) is 0 Å². The summed E-state index contributed by atoms with van der Waals surface area (Å²) in [5.41, 5.74) is 1.04. The molecule has 0 saturated heterocycles. The van der Waals surface area contributed by atoms with Crippen LogP contribution in [0.25, 0.3) is 10.9 Å². The molecule has 0 saturated carbocycles. The second kappa shape index (κ2) is 14.1. The number of nitrogens with one attached hydrogen (secondary N) is 3. The van der Waals surface area contributed by atoms with Crippen molar-refractivity contribution in [2.75, 3.05) is 0 Å². The topological polar surface area (TPSA) is 150 Å². The molecule has 0 bridgehead atoms. The highest BCUT2D eigenvalue weighted by Gasteiger charge is 2.31. The van der Waals surface area contributed by atoms with Crippen LogP contribution in [-0.4, -0.2) is 44.5 Å². The maximum absolute atomic E-state index is 14.1. The van der Waals surface area contributed by atoms with E-state index < -0.39 is 47.2 Å². The number of amides is 2. The van der Waals surface area contributed by atoms with Gasteiger partial charge >= 0.3 is 11.7 Å². The molecule has 0 aliphatic heterocycles. The Morgan fingerprint density at radius 3 is 1.64 bits per heavy atom. The van der Waals surface area contributed by atoms with Gasteiger partial charge in [0.15, 0.2) is 0 Å². The first-order valence-electron chi connectivity index (χ1n) is 14.5. The molecule has 10 heteroatoms. The van der Waals surface area contributed by atoms with E-state index in [1.54, 1.807) is 103 Å². The van der Waals surface area contributed by atoms with Crippen LogP contribution in [0.5, 0.6) is 0 Å². The summed E-state index contributed by atoms with van der Waals surface area (Å²) in [6, 6.07) is 29.5. The van der Waals surface area contributed by atoms with Gasteiger partial charge in [-0.15, -0.1) is 0 Å². The molecule has 5 aromatic rings. The summed E-state index contributed by atoms with van der Waals surface area (Å²) in [7, 11) is 0. The average Bonchev–Trinajstić information content (AvgIpc) is 3.05. The first-order valence-corrected chi connectivity index (χ1v) is 14.5. The van der Waals surface area contributed by atoms with Crippen molar-refractivity contribution in [1.82, 2.24) is 20.2 Å². The van der Waals surface area contributed by atoms with Crippen molar-refractivity contribution in [3.05, 3.63) is 153 Å². The second-order valence-electron chi connectivity index (χ2n) is 10.7. The molecule has 4 N–H and O–H groups in total. The normalized spacial score (nSPS) is 13.0. The lowest BCUT2D eigenvalue weighted by atomic mass is 10.0. The Morgan fingerprint density at radius 1 is 0.622 bits per heavy atom. The molecule has 5 rings (SSSR count). The molecular weight excluding hydrogens is 572 g/mol. The number of carboxylic acids is 1. The number of para-hydroxylation sites is 1. The summed E-state index contributed by atoms with van der Waals surface area (Å²) in [4.78, 5) is 69.5. The van der Waals surface area contributed by atoms with Gasteiger partial charge in [0.2, 0.25) is 11.8 Å². The zero-order valence-electron chi connectivity index (χ0n) is 24.3. The fraction of sp³-hybridized carbons (Fsp3) is 0.171. The maximum atomic E-state index is 14.1. The summed E-state index contributed by atoms with van der Waals surface area (Å²) in [5.74, 6) is -2.69. The molecule has 228 valence electrons. The average molecular weight is 605 g/mol. The third-order valence-corrected chi connectivity index (χ3v) is 7.54. The molecule has 0 radical (unpaired) electrons. The summed E-state index contributed by atoms with van der Waals surface area (Å²) in [5, 5.41) is 15.5. The molecule has 0 aliphatic rings. The number of carboxylic acid groups (broad SMARTS) is 1. The summed E-state index contributed by atoms with van der Waals surface area (Å²) in [6.07, 6.45) is 0.0585. The number of rotatable bonds is 12. The highest BCUT2D eigenvalue weighted by molar-refractivity contribution is 5.92.